The van der Waals surface area contributed by atoms with Gasteiger partial charge in [0.15, 0.2) is 0 Å². The van der Waals surface area contributed by atoms with Crippen molar-refractivity contribution in [3.05, 3.63) is 71.8 Å². The van der Waals surface area contributed by atoms with Crippen molar-refractivity contribution in [3.8, 4) is 0 Å². The highest BCUT2D eigenvalue weighted by atomic mass is 16.6. The molecule has 2 aromatic carbocycles. The Morgan fingerprint density at radius 1 is 1.03 bits per heavy atom. The molecule has 3 atom stereocenters. The van der Waals surface area contributed by atoms with Crippen LogP contribution in [0.4, 0.5) is 4.79 Å². The van der Waals surface area contributed by atoms with Gasteiger partial charge >= 0.3 is 12.1 Å². The normalized spacial score (nSPS) is 21.0. The average molecular weight is 439 g/mol. The van der Waals surface area contributed by atoms with Gasteiger partial charge in [0, 0.05) is 6.54 Å². The highest BCUT2D eigenvalue weighted by molar-refractivity contribution is 5.79. The SMILES string of the molecule is CC(C)(C)OC(=O)[C@H]1C[C@@H](NC(=O)OCc2ccccc2)[C@H](C=O)N1Cc1ccccc1. The summed E-state index contributed by atoms with van der Waals surface area (Å²) in [6.07, 6.45) is 0.399. The van der Waals surface area contributed by atoms with E-state index >= 15 is 0 Å². The monoisotopic (exact) mass is 438 g/mol. The molecule has 1 aliphatic rings. The van der Waals surface area contributed by atoms with Gasteiger partial charge < -0.3 is 19.6 Å². The van der Waals surface area contributed by atoms with Gasteiger partial charge in [0.05, 0.1) is 12.1 Å². The second-order valence-corrected chi connectivity index (χ2v) is 8.88. The Balaban J connectivity index is 1.73. The van der Waals surface area contributed by atoms with E-state index in [4.69, 9.17) is 9.47 Å². The maximum Gasteiger partial charge on any atom is 0.407 e. The van der Waals surface area contributed by atoms with Crippen molar-refractivity contribution in [1.82, 2.24) is 10.2 Å². The van der Waals surface area contributed by atoms with Crippen molar-refractivity contribution in [2.45, 2.75) is 64.1 Å². The Hall–Kier alpha value is -3.19. The predicted molar refractivity (Wildman–Crippen MR) is 120 cm³/mol. The zero-order chi connectivity index (χ0) is 23.1. The largest absolute Gasteiger partial charge is 0.459 e. The van der Waals surface area contributed by atoms with E-state index in [9.17, 15) is 14.4 Å². The molecule has 0 spiro atoms. The van der Waals surface area contributed by atoms with E-state index in [1.807, 2.05) is 60.7 Å². The zero-order valence-electron chi connectivity index (χ0n) is 18.7. The van der Waals surface area contributed by atoms with Gasteiger partial charge in [0.25, 0.3) is 0 Å². The van der Waals surface area contributed by atoms with Crippen LogP contribution in [0.1, 0.15) is 38.3 Å². The molecule has 1 amide bonds. The number of nitrogens with one attached hydrogen (secondary N) is 1. The van der Waals surface area contributed by atoms with Crippen LogP contribution >= 0.6 is 0 Å². The molecule has 3 rings (SSSR count). The van der Waals surface area contributed by atoms with E-state index in [1.54, 1.807) is 25.7 Å². The molecule has 32 heavy (non-hydrogen) atoms. The number of benzene rings is 2. The molecule has 7 heteroatoms. The molecule has 2 aromatic rings. The number of amides is 1. The number of alkyl carbamates (subject to hydrolysis) is 1. The summed E-state index contributed by atoms with van der Waals surface area (Å²) in [7, 11) is 0. The van der Waals surface area contributed by atoms with Crippen molar-refractivity contribution in [2.75, 3.05) is 0 Å². The number of esters is 1. The minimum Gasteiger partial charge on any atom is -0.459 e. The van der Waals surface area contributed by atoms with Crippen molar-refractivity contribution in [3.63, 3.8) is 0 Å². The maximum atomic E-state index is 12.9. The number of hydrogen-bond donors (Lipinski definition) is 1. The summed E-state index contributed by atoms with van der Waals surface area (Å²) in [4.78, 5) is 39.2. The number of carbonyl (C=O) groups is 3. The van der Waals surface area contributed by atoms with E-state index in [1.165, 1.54) is 0 Å². The number of likely N-dealkylation sites (tertiary alicyclic amines) is 1. The molecule has 0 aromatic heterocycles. The average Bonchev–Trinajstić information content (AvgIpc) is 3.09. The number of ether oxygens (including phenoxy) is 2. The molecule has 1 fully saturated rings. The summed E-state index contributed by atoms with van der Waals surface area (Å²) in [6.45, 7) is 5.90. The molecule has 1 heterocycles. The summed E-state index contributed by atoms with van der Waals surface area (Å²) in [5.74, 6) is -0.415. The topological polar surface area (TPSA) is 84.9 Å². The third-order valence-corrected chi connectivity index (χ3v) is 5.21. The Labute approximate surface area is 188 Å². The first-order valence-electron chi connectivity index (χ1n) is 10.7. The molecule has 1 N–H and O–H groups in total. The van der Waals surface area contributed by atoms with Gasteiger partial charge in [-0.25, -0.2) is 4.79 Å². The standard InChI is InChI=1S/C25H30N2O5/c1-25(2,3)32-23(29)21-14-20(26-24(30)31-17-19-12-8-5-9-13-19)22(16-28)27(21)15-18-10-6-4-7-11-18/h4-13,16,20-22H,14-15,17H2,1-3H3,(H,26,30)/t20-,21-,22+/m1/s1. The van der Waals surface area contributed by atoms with Crippen molar-refractivity contribution in [1.29, 1.82) is 0 Å². The quantitative estimate of drug-likeness (QED) is 0.526. The van der Waals surface area contributed by atoms with Gasteiger partial charge in [-0.15, -0.1) is 0 Å². The second kappa shape index (κ2) is 10.4. The molecular formula is C25H30N2O5. The van der Waals surface area contributed by atoms with Crippen molar-refractivity contribution >= 4 is 18.3 Å². The summed E-state index contributed by atoms with van der Waals surface area (Å²) < 4.78 is 10.9. The Kier molecular flexibility index (Phi) is 7.64. The lowest BCUT2D eigenvalue weighted by Crippen LogP contribution is -2.47. The predicted octanol–water partition coefficient (Wildman–Crippen LogP) is 3.47. The third kappa shape index (κ3) is 6.40. The smallest absolute Gasteiger partial charge is 0.407 e. The van der Waals surface area contributed by atoms with Gasteiger partial charge in [0.1, 0.15) is 24.5 Å². The molecule has 1 aliphatic heterocycles. The highest BCUT2D eigenvalue weighted by Gasteiger charge is 2.46. The van der Waals surface area contributed by atoms with E-state index in [-0.39, 0.29) is 13.0 Å². The lowest BCUT2D eigenvalue weighted by atomic mass is 10.1. The van der Waals surface area contributed by atoms with Gasteiger partial charge in [-0.05, 0) is 38.3 Å². The van der Waals surface area contributed by atoms with Crippen LogP contribution in [0.2, 0.25) is 0 Å². The third-order valence-electron chi connectivity index (χ3n) is 5.21. The van der Waals surface area contributed by atoms with E-state index in [0.717, 1.165) is 17.4 Å². The molecular weight excluding hydrogens is 408 g/mol. The molecule has 0 aliphatic carbocycles. The minimum absolute atomic E-state index is 0.119. The molecule has 0 radical (unpaired) electrons. The number of rotatable bonds is 7. The summed E-state index contributed by atoms with van der Waals surface area (Å²) in [6, 6.07) is 17.0. The van der Waals surface area contributed by atoms with Crippen molar-refractivity contribution < 1.29 is 23.9 Å². The molecule has 1 saturated heterocycles. The number of nitrogens with zero attached hydrogens (tertiary/aromatic N) is 1. The lowest BCUT2D eigenvalue weighted by molar-refractivity contribution is -0.161. The Bertz CT molecular complexity index is 911. The molecule has 0 saturated carbocycles. The first-order valence-corrected chi connectivity index (χ1v) is 10.7. The zero-order valence-corrected chi connectivity index (χ0v) is 18.7. The summed E-state index contributed by atoms with van der Waals surface area (Å²) in [5, 5.41) is 2.77. The fourth-order valence-electron chi connectivity index (χ4n) is 3.80. The first kappa shape index (κ1) is 23.5. The van der Waals surface area contributed by atoms with Crippen LogP contribution < -0.4 is 5.32 Å². The van der Waals surface area contributed by atoms with Crippen LogP contribution in [-0.2, 0) is 32.2 Å². The number of hydrogen-bond acceptors (Lipinski definition) is 6. The van der Waals surface area contributed by atoms with Crippen LogP contribution in [0, 0.1) is 0 Å². The van der Waals surface area contributed by atoms with E-state index in [0.29, 0.717) is 6.54 Å². The second-order valence-electron chi connectivity index (χ2n) is 8.88. The van der Waals surface area contributed by atoms with Crippen LogP contribution in [-0.4, -0.2) is 47.0 Å². The van der Waals surface area contributed by atoms with Crippen LogP contribution in [0.3, 0.4) is 0 Å². The fraction of sp³-hybridized carbons (Fsp3) is 0.400. The Morgan fingerprint density at radius 3 is 2.19 bits per heavy atom. The lowest BCUT2D eigenvalue weighted by Gasteiger charge is -2.29. The van der Waals surface area contributed by atoms with Crippen LogP contribution in [0.15, 0.2) is 60.7 Å². The highest BCUT2D eigenvalue weighted by Crippen LogP contribution is 2.28. The van der Waals surface area contributed by atoms with Gasteiger partial charge in [-0.3, -0.25) is 9.69 Å². The number of aldehydes is 1. The molecule has 0 bridgehead atoms. The molecule has 7 nitrogen and oxygen atoms in total. The maximum absolute atomic E-state index is 12.9. The molecule has 170 valence electrons. The summed E-state index contributed by atoms with van der Waals surface area (Å²) in [5.41, 5.74) is 1.16. The van der Waals surface area contributed by atoms with E-state index in [2.05, 4.69) is 5.32 Å². The van der Waals surface area contributed by atoms with Crippen LogP contribution in [0.5, 0.6) is 0 Å². The van der Waals surface area contributed by atoms with Crippen LogP contribution in [0.25, 0.3) is 0 Å². The number of carbonyl (C=O) groups excluding carboxylic acids is 3. The van der Waals surface area contributed by atoms with Gasteiger partial charge in [0.2, 0.25) is 0 Å². The van der Waals surface area contributed by atoms with E-state index < -0.39 is 35.8 Å². The Morgan fingerprint density at radius 2 is 1.62 bits per heavy atom. The van der Waals surface area contributed by atoms with Gasteiger partial charge in [-0.2, -0.15) is 0 Å². The first-order chi connectivity index (χ1) is 15.3. The minimum atomic E-state index is -0.683. The summed E-state index contributed by atoms with van der Waals surface area (Å²) >= 11 is 0. The molecule has 0 unspecified atom stereocenters. The fourth-order valence-corrected chi connectivity index (χ4v) is 3.80. The van der Waals surface area contributed by atoms with Gasteiger partial charge in [-0.1, -0.05) is 60.7 Å². The van der Waals surface area contributed by atoms with Crippen molar-refractivity contribution in [2.24, 2.45) is 0 Å².